The maximum atomic E-state index is 12.3. The highest BCUT2D eigenvalue weighted by Crippen LogP contribution is 2.30. The van der Waals surface area contributed by atoms with Gasteiger partial charge < -0.3 is 10.1 Å². The van der Waals surface area contributed by atoms with Gasteiger partial charge in [0, 0.05) is 5.56 Å². The van der Waals surface area contributed by atoms with Crippen molar-refractivity contribution in [3.05, 3.63) is 65.2 Å². The third-order valence-corrected chi connectivity index (χ3v) is 4.02. The number of hydrogen-bond donors (Lipinski definition) is 1. The minimum Gasteiger partial charge on any atom is -0.406 e. The molecule has 1 aliphatic carbocycles. The van der Waals surface area contributed by atoms with Gasteiger partial charge in [-0.05, 0) is 54.7 Å². The maximum Gasteiger partial charge on any atom is 0.573 e. The summed E-state index contributed by atoms with van der Waals surface area (Å²) >= 11 is 0. The summed E-state index contributed by atoms with van der Waals surface area (Å²) in [5, 5.41) is 2.96. The average Bonchev–Trinajstić information content (AvgIpc) is 2.54. The summed E-state index contributed by atoms with van der Waals surface area (Å²) in [6, 6.07) is 12.8. The number of ether oxygens (including phenoxy) is 1. The van der Waals surface area contributed by atoms with Gasteiger partial charge in [-0.2, -0.15) is 0 Å². The van der Waals surface area contributed by atoms with Gasteiger partial charge in [-0.3, -0.25) is 4.79 Å². The Morgan fingerprint density at radius 1 is 1.08 bits per heavy atom. The highest BCUT2D eigenvalue weighted by molar-refractivity contribution is 5.94. The number of hydrogen-bond acceptors (Lipinski definition) is 2. The van der Waals surface area contributed by atoms with E-state index >= 15 is 0 Å². The Morgan fingerprint density at radius 2 is 1.79 bits per heavy atom. The lowest BCUT2D eigenvalue weighted by molar-refractivity contribution is -0.274. The number of rotatable bonds is 3. The first-order valence-corrected chi connectivity index (χ1v) is 7.67. The van der Waals surface area contributed by atoms with E-state index in [0.29, 0.717) is 5.56 Å². The molecule has 0 aromatic heterocycles. The van der Waals surface area contributed by atoms with Crippen LogP contribution in [0.3, 0.4) is 0 Å². The summed E-state index contributed by atoms with van der Waals surface area (Å²) in [5.41, 5.74) is 2.63. The fourth-order valence-electron chi connectivity index (χ4n) is 2.95. The molecule has 3 nitrogen and oxygen atoms in total. The van der Waals surface area contributed by atoms with Gasteiger partial charge in [0.15, 0.2) is 0 Å². The number of nitrogens with one attached hydrogen (secondary N) is 1. The summed E-state index contributed by atoms with van der Waals surface area (Å²) in [7, 11) is 0. The first-order chi connectivity index (χ1) is 11.4. The molecule has 3 rings (SSSR count). The molecule has 1 aliphatic rings. The lowest BCUT2D eigenvalue weighted by Crippen LogP contribution is -2.30. The first-order valence-electron chi connectivity index (χ1n) is 7.67. The number of aryl methyl sites for hydroxylation is 1. The van der Waals surface area contributed by atoms with Gasteiger partial charge in [-0.25, -0.2) is 0 Å². The second-order valence-corrected chi connectivity index (χ2v) is 5.69. The smallest absolute Gasteiger partial charge is 0.406 e. The maximum absolute atomic E-state index is 12.3. The number of fused-ring (bicyclic) bond motifs is 1. The van der Waals surface area contributed by atoms with Crippen molar-refractivity contribution < 1.29 is 22.7 Å². The minimum atomic E-state index is -4.74. The van der Waals surface area contributed by atoms with E-state index in [4.69, 9.17) is 0 Å². The second-order valence-electron chi connectivity index (χ2n) is 5.69. The third kappa shape index (κ3) is 3.88. The lowest BCUT2D eigenvalue weighted by atomic mass is 9.87. The van der Waals surface area contributed by atoms with E-state index in [1.165, 1.54) is 17.7 Å². The molecule has 0 spiro atoms. The van der Waals surface area contributed by atoms with Gasteiger partial charge in [0.25, 0.3) is 5.91 Å². The summed E-state index contributed by atoms with van der Waals surface area (Å²) < 4.78 is 40.2. The molecule has 1 N–H and O–H groups in total. The summed E-state index contributed by atoms with van der Waals surface area (Å²) in [6.07, 6.45) is -1.92. The van der Waals surface area contributed by atoms with Crippen LogP contribution in [0.15, 0.2) is 48.5 Å². The number of carbonyl (C=O) groups is 1. The normalized spacial score (nSPS) is 17.0. The van der Waals surface area contributed by atoms with Crippen LogP contribution < -0.4 is 10.1 Å². The van der Waals surface area contributed by atoms with Gasteiger partial charge >= 0.3 is 6.36 Å². The summed E-state index contributed by atoms with van der Waals surface area (Å²) in [5.74, 6) is -0.655. The molecule has 0 saturated carbocycles. The van der Waals surface area contributed by atoms with E-state index in [1.54, 1.807) is 0 Å². The van der Waals surface area contributed by atoms with Crippen molar-refractivity contribution in [2.45, 2.75) is 31.7 Å². The second kappa shape index (κ2) is 6.55. The van der Waals surface area contributed by atoms with Crippen molar-refractivity contribution in [1.82, 2.24) is 5.32 Å². The number of benzene rings is 2. The Kier molecular flexibility index (Phi) is 4.46. The fourth-order valence-corrected chi connectivity index (χ4v) is 2.95. The monoisotopic (exact) mass is 335 g/mol. The highest BCUT2D eigenvalue weighted by atomic mass is 19.4. The van der Waals surface area contributed by atoms with Crippen molar-refractivity contribution in [2.75, 3.05) is 0 Å². The van der Waals surface area contributed by atoms with Gasteiger partial charge in [-0.1, -0.05) is 24.3 Å². The van der Waals surface area contributed by atoms with Crippen LogP contribution in [-0.4, -0.2) is 12.3 Å². The van der Waals surface area contributed by atoms with Crippen LogP contribution in [-0.2, 0) is 6.42 Å². The van der Waals surface area contributed by atoms with Crippen molar-refractivity contribution >= 4 is 5.91 Å². The largest absolute Gasteiger partial charge is 0.573 e. The van der Waals surface area contributed by atoms with Gasteiger partial charge in [0.05, 0.1) is 6.04 Å². The first kappa shape index (κ1) is 16.4. The zero-order valence-electron chi connectivity index (χ0n) is 12.8. The van der Waals surface area contributed by atoms with Crippen LogP contribution in [0.2, 0.25) is 0 Å². The van der Waals surface area contributed by atoms with Gasteiger partial charge in [0.2, 0.25) is 0 Å². The van der Waals surface area contributed by atoms with E-state index in [2.05, 4.69) is 16.1 Å². The molecule has 0 saturated heterocycles. The molecule has 24 heavy (non-hydrogen) atoms. The SMILES string of the molecule is O=C(N[C@H]1CCCc2ccccc21)c1ccc(OC(F)(F)F)cc1. The zero-order valence-corrected chi connectivity index (χ0v) is 12.8. The van der Waals surface area contributed by atoms with Gasteiger partial charge in [-0.15, -0.1) is 13.2 Å². The van der Waals surface area contributed by atoms with Crippen molar-refractivity contribution in [3.8, 4) is 5.75 Å². The number of amides is 1. The van der Waals surface area contributed by atoms with E-state index in [9.17, 15) is 18.0 Å². The molecule has 2 aromatic rings. The molecule has 0 aliphatic heterocycles. The zero-order chi connectivity index (χ0) is 17.2. The molecule has 0 fully saturated rings. The Hall–Kier alpha value is -2.50. The molecule has 6 heteroatoms. The highest BCUT2D eigenvalue weighted by Gasteiger charge is 2.31. The fraction of sp³-hybridized carbons (Fsp3) is 0.278. The van der Waals surface area contributed by atoms with Crippen LogP contribution in [0.1, 0.15) is 40.4 Å². The van der Waals surface area contributed by atoms with Crippen LogP contribution in [0.25, 0.3) is 0 Å². The topological polar surface area (TPSA) is 38.3 Å². The van der Waals surface area contributed by atoms with Crippen LogP contribution >= 0.6 is 0 Å². The third-order valence-electron chi connectivity index (χ3n) is 4.02. The van der Waals surface area contributed by atoms with Crippen LogP contribution in [0.5, 0.6) is 5.75 Å². The Labute approximate surface area is 137 Å². The molecule has 0 unspecified atom stereocenters. The van der Waals surface area contributed by atoms with Crippen LogP contribution in [0, 0.1) is 0 Å². The molecule has 0 bridgehead atoms. The standard InChI is InChI=1S/C18H16F3NO2/c19-18(20,21)24-14-10-8-13(9-11-14)17(23)22-16-7-3-5-12-4-1-2-6-15(12)16/h1-2,4,6,8-11,16H,3,5,7H2,(H,22,23)/t16-/m0/s1. The molecule has 0 heterocycles. The van der Waals surface area contributed by atoms with Crippen LogP contribution in [0.4, 0.5) is 13.2 Å². The molecule has 126 valence electrons. The van der Waals surface area contributed by atoms with E-state index < -0.39 is 6.36 Å². The van der Waals surface area contributed by atoms with E-state index in [0.717, 1.165) is 37.0 Å². The van der Waals surface area contributed by atoms with E-state index in [1.807, 2.05) is 18.2 Å². The molecule has 1 atom stereocenters. The average molecular weight is 335 g/mol. The molecular formula is C18H16F3NO2. The van der Waals surface area contributed by atoms with Crippen molar-refractivity contribution in [3.63, 3.8) is 0 Å². The van der Waals surface area contributed by atoms with Gasteiger partial charge in [0.1, 0.15) is 5.75 Å². The Morgan fingerprint density at radius 3 is 2.50 bits per heavy atom. The summed E-state index contributed by atoms with van der Waals surface area (Å²) in [6.45, 7) is 0. The van der Waals surface area contributed by atoms with Crippen molar-refractivity contribution in [1.29, 1.82) is 0 Å². The van der Waals surface area contributed by atoms with Crippen molar-refractivity contribution in [2.24, 2.45) is 0 Å². The Balaban J connectivity index is 1.70. The van der Waals surface area contributed by atoms with E-state index in [-0.39, 0.29) is 17.7 Å². The lowest BCUT2D eigenvalue weighted by Gasteiger charge is -2.26. The number of halogens is 3. The number of carbonyl (C=O) groups excluding carboxylic acids is 1. The predicted octanol–water partition coefficient (Wildman–Crippen LogP) is 4.39. The summed E-state index contributed by atoms with van der Waals surface area (Å²) in [4.78, 5) is 12.3. The molecular weight excluding hydrogens is 319 g/mol. The predicted molar refractivity (Wildman–Crippen MR) is 82.7 cm³/mol. The molecule has 1 amide bonds. The molecule has 0 radical (unpaired) electrons. The quantitative estimate of drug-likeness (QED) is 0.903. The minimum absolute atomic E-state index is 0.0754. The molecule has 2 aromatic carbocycles. The Bertz CT molecular complexity index is 726. The number of alkyl halides is 3.